The van der Waals surface area contributed by atoms with Gasteiger partial charge < -0.3 is 15.0 Å². The lowest BCUT2D eigenvalue weighted by Gasteiger charge is -2.40. The molecule has 3 atom stereocenters. The van der Waals surface area contributed by atoms with E-state index in [1.165, 1.54) is 22.0 Å². The summed E-state index contributed by atoms with van der Waals surface area (Å²) in [5.74, 6) is 0.948. The molecule has 136 valence electrons. The number of aliphatic imine (C=N–C) groups is 1. The summed E-state index contributed by atoms with van der Waals surface area (Å²) in [5.41, 5.74) is 3.59. The zero-order valence-corrected chi connectivity index (χ0v) is 15.6. The molecule has 4 heteroatoms. The summed E-state index contributed by atoms with van der Waals surface area (Å²) in [6.45, 7) is 2.65. The third-order valence-electron chi connectivity index (χ3n) is 5.64. The molecular formula is C23H23N3O. The van der Waals surface area contributed by atoms with Gasteiger partial charge in [-0.2, -0.15) is 0 Å². The molecule has 0 spiro atoms. The zero-order chi connectivity index (χ0) is 18.4. The maximum atomic E-state index is 5.97. The Labute approximate surface area is 159 Å². The van der Waals surface area contributed by atoms with Gasteiger partial charge in [-0.1, -0.05) is 54.6 Å². The molecule has 0 saturated carbocycles. The van der Waals surface area contributed by atoms with Gasteiger partial charge in [0.25, 0.3) is 0 Å². The SMILES string of the molecule is CCOC1=NC2Nc3cc4ccccc4cc3N(C)C2C1c1ccccc1. The van der Waals surface area contributed by atoms with Crippen LogP contribution in [-0.2, 0) is 4.74 Å². The molecule has 3 unspecified atom stereocenters. The van der Waals surface area contributed by atoms with Crippen molar-refractivity contribution in [1.29, 1.82) is 0 Å². The van der Waals surface area contributed by atoms with E-state index in [4.69, 9.17) is 9.73 Å². The number of hydrogen-bond acceptors (Lipinski definition) is 4. The quantitative estimate of drug-likeness (QED) is 0.727. The van der Waals surface area contributed by atoms with E-state index in [1.807, 2.05) is 6.92 Å². The highest BCUT2D eigenvalue weighted by atomic mass is 16.5. The van der Waals surface area contributed by atoms with Gasteiger partial charge in [-0.25, -0.2) is 4.99 Å². The van der Waals surface area contributed by atoms with Gasteiger partial charge in [-0.05, 0) is 35.4 Å². The smallest absolute Gasteiger partial charge is 0.195 e. The average Bonchev–Trinajstić information content (AvgIpc) is 3.06. The number of benzene rings is 3. The van der Waals surface area contributed by atoms with Crippen molar-refractivity contribution in [2.24, 2.45) is 4.99 Å². The number of fused-ring (bicyclic) bond motifs is 3. The fourth-order valence-corrected chi connectivity index (χ4v) is 4.41. The van der Waals surface area contributed by atoms with Crippen LogP contribution in [0.15, 0.2) is 71.7 Å². The van der Waals surface area contributed by atoms with Crippen LogP contribution in [0.25, 0.3) is 10.8 Å². The molecule has 0 aromatic heterocycles. The Morgan fingerprint density at radius 3 is 2.44 bits per heavy atom. The van der Waals surface area contributed by atoms with Crippen LogP contribution in [0.2, 0.25) is 0 Å². The molecule has 5 rings (SSSR count). The van der Waals surface area contributed by atoms with E-state index in [1.54, 1.807) is 0 Å². The second kappa shape index (κ2) is 6.31. The third kappa shape index (κ3) is 2.55. The van der Waals surface area contributed by atoms with E-state index in [2.05, 4.69) is 84.0 Å². The average molecular weight is 357 g/mol. The highest BCUT2D eigenvalue weighted by molar-refractivity contribution is 5.95. The Morgan fingerprint density at radius 2 is 1.70 bits per heavy atom. The van der Waals surface area contributed by atoms with Crippen molar-refractivity contribution in [3.8, 4) is 0 Å². The van der Waals surface area contributed by atoms with Gasteiger partial charge in [-0.15, -0.1) is 0 Å². The number of nitrogens with one attached hydrogen (secondary N) is 1. The molecule has 3 aromatic carbocycles. The number of anilines is 2. The molecule has 0 saturated heterocycles. The largest absolute Gasteiger partial charge is 0.481 e. The molecule has 2 aliphatic rings. The summed E-state index contributed by atoms with van der Waals surface area (Å²) in [5, 5.41) is 6.15. The predicted molar refractivity (Wildman–Crippen MR) is 112 cm³/mol. The van der Waals surface area contributed by atoms with Crippen molar-refractivity contribution in [3.63, 3.8) is 0 Å². The minimum absolute atomic E-state index is 0.0181. The Balaban J connectivity index is 1.61. The molecule has 2 aliphatic heterocycles. The molecule has 1 N–H and O–H groups in total. The molecule has 27 heavy (non-hydrogen) atoms. The first kappa shape index (κ1) is 16.2. The van der Waals surface area contributed by atoms with Crippen LogP contribution < -0.4 is 10.2 Å². The summed E-state index contributed by atoms with van der Waals surface area (Å²) in [7, 11) is 2.17. The van der Waals surface area contributed by atoms with Crippen molar-refractivity contribution >= 4 is 28.0 Å². The van der Waals surface area contributed by atoms with E-state index in [9.17, 15) is 0 Å². The van der Waals surface area contributed by atoms with Crippen molar-refractivity contribution in [3.05, 3.63) is 72.3 Å². The lowest BCUT2D eigenvalue weighted by Crippen LogP contribution is -2.49. The number of nitrogens with zero attached hydrogens (tertiary/aromatic N) is 2. The lowest BCUT2D eigenvalue weighted by atomic mass is 9.89. The highest BCUT2D eigenvalue weighted by Crippen LogP contribution is 2.44. The van der Waals surface area contributed by atoms with Gasteiger partial charge in [0.1, 0.15) is 6.17 Å². The predicted octanol–water partition coefficient (Wildman–Crippen LogP) is 4.63. The number of rotatable bonds is 2. The number of likely N-dealkylation sites (N-methyl/N-ethyl adjacent to an activating group) is 1. The number of ether oxygens (including phenoxy) is 1. The molecule has 0 amide bonds. The van der Waals surface area contributed by atoms with Crippen molar-refractivity contribution in [2.45, 2.75) is 25.0 Å². The molecule has 4 nitrogen and oxygen atoms in total. The third-order valence-corrected chi connectivity index (χ3v) is 5.64. The summed E-state index contributed by atoms with van der Waals surface area (Å²) >= 11 is 0. The molecule has 0 aliphatic carbocycles. The summed E-state index contributed by atoms with van der Waals surface area (Å²) < 4.78 is 5.97. The maximum absolute atomic E-state index is 5.97. The first-order chi connectivity index (χ1) is 13.3. The van der Waals surface area contributed by atoms with Crippen LogP contribution in [0.4, 0.5) is 11.4 Å². The van der Waals surface area contributed by atoms with E-state index < -0.39 is 0 Å². The summed E-state index contributed by atoms with van der Waals surface area (Å²) in [4.78, 5) is 7.30. The van der Waals surface area contributed by atoms with Crippen molar-refractivity contribution in [2.75, 3.05) is 23.9 Å². The molecule has 3 aromatic rings. The Hall–Kier alpha value is -3.01. The van der Waals surface area contributed by atoms with Gasteiger partial charge in [0.2, 0.25) is 0 Å². The normalized spacial score (nSPS) is 23.4. The topological polar surface area (TPSA) is 36.9 Å². The van der Waals surface area contributed by atoms with Gasteiger partial charge in [-0.3, -0.25) is 0 Å². The van der Waals surface area contributed by atoms with Crippen molar-refractivity contribution in [1.82, 2.24) is 0 Å². The van der Waals surface area contributed by atoms with E-state index in [-0.39, 0.29) is 18.1 Å². The molecule has 0 bridgehead atoms. The standard InChI is InChI=1S/C23H23N3O/c1-3-27-23-20(15-9-5-4-6-10-15)21-22(25-23)24-18-13-16-11-7-8-12-17(16)14-19(18)26(21)2/h4-14,20-22,24H,3H2,1-2H3. The van der Waals surface area contributed by atoms with Gasteiger partial charge in [0.15, 0.2) is 5.90 Å². The van der Waals surface area contributed by atoms with Crippen LogP contribution in [0.5, 0.6) is 0 Å². The number of hydrogen-bond donors (Lipinski definition) is 1. The van der Waals surface area contributed by atoms with Crippen LogP contribution in [0.3, 0.4) is 0 Å². The highest BCUT2D eigenvalue weighted by Gasteiger charge is 2.46. The van der Waals surface area contributed by atoms with Gasteiger partial charge in [0.05, 0.1) is 29.9 Å². The lowest BCUT2D eigenvalue weighted by molar-refractivity contribution is 0.313. The molecule has 0 radical (unpaired) electrons. The molecular weight excluding hydrogens is 334 g/mol. The van der Waals surface area contributed by atoms with Crippen LogP contribution in [0, 0.1) is 0 Å². The van der Waals surface area contributed by atoms with E-state index in [0.29, 0.717) is 6.61 Å². The minimum atomic E-state index is -0.0181. The van der Waals surface area contributed by atoms with Gasteiger partial charge in [0, 0.05) is 7.05 Å². The Kier molecular flexibility index (Phi) is 3.78. The molecule has 0 fully saturated rings. The zero-order valence-electron chi connectivity index (χ0n) is 15.6. The van der Waals surface area contributed by atoms with E-state index in [0.717, 1.165) is 11.6 Å². The fraction of sp³-hybridized carbons (Fsp3) is 0.261. The Bertz CT molecular complexity index is 1010. The Morgan fingerprint density at radius 1 is 1.00 bits per heavy atom. The monoisotopic (exact) mass is 357 g/mol. The summed E-state index contributed by atoms with van der Waals surface area (Å²) in [6.07, 6.45) is -0.0181. The second-order valence-electron chi connectivity index (χ2n) is 7.20. The molecule has 2 heterocycles. The van der Waals surface area contributed by atoms with Gasteiger partial charge >= 0.3 is 0 Å². The minimum Gasteiger partial charge on any atom is -0.481 e. The van der Waals surface area contributed by atoms with Crippen LogP contribution in [-0.4, -0.2) is 31.8 Å². The summed E-state index contributed by atoms with van der Waals surface area (Å²) in [6, 6.07) is 23.7. The first-order valence-corrected chi connectivity index (χ1v) is 9.54. The second-order valence-corrected chi connectivity index (χ2v) is 7.20. The maximum Gasteiger partial charge on any atom is 0.195 e. The first-order valence-electron chi connectivity index (χ1n) is 9.54. The van der Waals surface area contributed by atoms with E-state index >= 15 is 0 Å². The van der Waals surface area contributed by atoms with Crippen LogP contribution in [0.1, 0.15) is 18.4 Å². The fourth-order valence-electron chi connectivity index (χ4n) is 4.41. The van der Waals surface area contributed by atoms with Crippen LogP contribution >= 0.6 is 0 Å². The van der Waals surface area contributed by atoms with Crippen molar-refractivity contribution < 1.29 is 4.74 Å².